The molecule has 134 valence electrons. The van der Waals surface area contributed by atoms with Gasteiger partial charge >= 0.3 is 5.97 Å². The highest BCUT2D eigenvalue weighted by Gasteiger charge is 2.58. The predicted molar refractivity (Wildman–Crippen MR) is 89.4 cm³/mol. The second kappa shape index (κ2) is 7.19. The number of ether oxygens (including phenoxy) is 2. The third kappa shape index (κ3) is 2.96. The molecule has 7 nitrogen and oxygen atoms in total. The molecule has 0 bridgehead atoms. The molecule has 1 aliphatic heterocycles. The Bertz CT molecular complexity index is 709. The normalized spacial score (nSPS) is 26.9. The third-order valence-electron chi connectivity index (χ3n) is 4.56. The van der Waals surface area contributed by atoms with Crippen molar-refractivity contribution in [3.63, 3.8) is 0 Å². The number of benzene rings is 1. The summed E-state index contributed by atoms with van der Waals surface area (Å²) in [7, 11) is 1.37. The molecule has 2 aromatic rings. The Morgan fingerprint density at radius 1 is 1.40 bits per heavy atom. The molecule has 1 aliphatic rings. The maximum atomic E-state index is 12.2. The highest BCUT2D eigenvalue weighted by Crippen LogP contribution is 2.47. The Morgan fingerprint density at radius 3 is 2.60 bits per heavy atom. The van der Waals surface area contributed by atoms with Crippen LogP contribution in [0.25, 0.3) is 0 Å². The number of methoxy groups -OCH3 is 1. The SMILES string of the molecule is COC(c1ccccc1)(C(C(=O)O)c1cscn1)C1OCC(O)C1O. The average molecular weight is 365 g/mol. The number of rotatable bonds is 6. The molecule has 5 atom stereocenters. The van der Waals surface area contributed by atoms with Gasteiger partial charge in [0.2, 0.25) is 0 Å². The van der Waals surface area contributed by atoms with Gasteiger partial charge in [-0.25, -0.2) is 4.98 Å². The van der Waals surface area contributed by atoms with Gasteiger partial charge in [0, 0.05) is 12.5 Å². The van der Waals surface area contributed by atoms with Crippen LogP contribution in [0.2, 0.25) is 0 Å². The van der Waals surface area contributed by atoms with Crippen molar-refractivity contribution in [1.29, 1.82) is 0 Å². The van der Waals surface area contributed by atoms with Gasteiger partial charge in [-0.05, 0) is 5.56 Å². The van der Waals surface area contributed by atoms with Crippen LogP contribution in [0.5, 0.6) is 0 Å². The van der Waals surface area contributed by atoms with E-state index in [0.29, 0.717) is 11.3 Å². The summed E-state index contributed by atoms with van der Waals surface area (Å²) in [5.74, 6) is -2.38. The molecule has 1 fully saturated rings. The lowest BCUT2D eigenvalue weighted by atomic mass is 9.73. The van der Waals surface area contributed by atoms with Gasteiger partial charge in [-0.1, -0.05) is 30.3 Å². The standard InChI is InChI=1S/C17H19NO6S/c1-23-17(10-5-3-2-4-6-10,15-14(20)12(19)7-24-15)13(16(21)22)11-8-25-9-18-11/h2-6,8-9,12-15,19-20H,7H2,1H3,(H,21,22). The number of aliphatic hydroxyl groups excluding tert-OH is 2. The van der Waals surface area contributed by atoms with E-state index >= 15 is 0 Å². The Labute approximate surface area is 148 Å². The van der Waals surface area contributed by atoms with Crippen molar-refractivity contribution in [1.82, 2.24) is 4.98 Å². The first kappa shape index (κ1) is 18.0. The van der Waals surface area contributed by atoms with Crippen LogP contribution in [0.4, 0.5) is 0 Å². The molecule has 1 saturated heterocycles. The van der Waals surface area contributed by atoms with Gasteiger partial charge in [0.15, 0.2) is 0 Å². The maximum absolute atomic E-state index is 12.2. The number of nitrogens with zero attached hydrogens (tertiary/aromatic N) is 1. The number of hydrogen-bond donors (Lipinski definition) is 3. The van der Waals surface area contributed by atoms with E-state index in [-0.39, 0.29) is 6.61 Å². The van der Waals surface area contributed by atoms with E-state index in [2.05, 4.69) is 4.98 Å². The van der Waals surface area contributed by atoms with Gasteiger partial charge < -0.3 is 24.8 Å². The molecule has 8 heteroatoms. The number of aliphatic carboxylic acids is 1. The van der Waals surface area contributed by atoms with Gasteiger partial charge in [0.25, 0.3) is 0 Å². The van der Waals surface area contributed by atoms with Crippen LogP contribution in [0.1, 0.15) is 17.2 Å². The molecule has 1 aromatic carbocycles. The molecule has 0 radical (unpaired) electrons. The molecule has 1 aromatic heterocycles. The Balaban J connectivity index is 2.22. The molecule has 0 aliphatic carbocycles. The maximum Gasteiger partial charge on any atom is 0.316 e. The van der Waals surface area contributed by atoms with Crippen molar-refractivity contribution in [2.24, 2.45) is 0 Å². The van der Waals surface area contributed by atoms with Crippen LogP contribution in [-0.4, -0.2) is 58.3 Å². The largest absolute Gasteiger partial charge is 0.481 e. The van der Waals surface area contributed by atoms with Crippen molar-refractivity contribution in [3.8, 4) is 0 Å². The van der Waals surface area contributed by atoms with Gasteiger partial charge in [-0.2, -0.15) is 0 Å². The molecular weight excluding hydrogens is 346 g/mol. The van der Waals surface area contributed by atoms with E-state index in [0.717, 1.165) is 0 Å². The van der Waals surface area contributed by atoms with Crippen LogP contribution >= 0.6 is 11.3 Å². The molecule has 5 unspecified atom stereocenters. The molecule has 2 heterocycles. The summed E-state index contributed by atoms with van der Waals surface area (Å²) >= 11 is 1.27. The molecule has 0 spiro atoms. The second-order valence-corrected chi connectivity index (χ2v) is 6.58. The zero-order chi connectivity index (χ0) is 18.0. The molecular formula is C17H19NO6S. The number of aromatic nitrogens is 1. The second-order valence-electron chi connectivity index (χ2n) is 5.86. The van der Waals surface area contributed by atoms with E-state index in [4.69, 9.17) is 9.47 Å². The summed E-state index contributed by atoms with van der Waals surface area (Å²) in [5.41, 5.74) is 0.812. The fraction of sp³-hybridized carbons (Fsp3) is 0.412. The van der Waals surface area contributed by atoms with Crippen molar-refractivity contribution in [2.75, 3.05) is 13.7 Å². The van der Waals surface area contributed by atoms with Crippen molar-refractivity contribution in [3.05, 3.63) is 52.5 Å². The molecule has 0 amide bonds. The smallest absolute Gasteiger partial charge is 0.316 e. The van der Waals surface area contributed by atoms with Crippen LogP contribution in [0.15, 0.2) is 41.2 Å². The Morgan fingerprint density at radius 2 is 2.12 bits per heavy atom. The lowest BCUT2D eigenvalue weighted by Gasteiger charge is -2.42. The lowest BCUT2D eigenvalue weighted by molar-refractivity contribution is -0.177. The first-order valence-corrected chi connectivity index (χ1v) is 8.66. The zero-order valence-corrected chi connectivity index (χ0v) is 14.3. The summed E-state index contributed by atoms with van der Waals surface area (Å²) in [4.78, 5) is 16.4. The number of hydrogen-bond acceptors (Lipinski definition) is 7. The topological polar surface area (TPSA) is 109 Å². The summed E-state index contributed by atoms with van der Waals surface area (Å²) in [6.07, 6.45) is -3.48. The van der Waals surface area contributed by atoms with Gasteiger partial charge in [0.05, 0.1) is 17.8 Å². The van der Waals surface area contributed by atoms with E-state index in [9.17, 15) is 20.1 Å². The number of aliphatic hydroxyl groups is 2. The lowest BCUT2D eigenvalue weighted by Crippen LogP contribution is -2.54. The van der Waals surface area contributed by atoms with Crippen LogP contribution in [0, 0.1) is 0 Å². The summed E-state index contributed by atoms with van der Waals surface area (Å²) in [6, 6.07) is 8.73. The van der Waals surface area contributed by atoms with Crippen molar-refractivity contribution < 1.29 is 29.6 Å². The highest BCUT2D eigenvalue weighted by molar-refractivity contribution is 7.07. The van der Waals surface area contributed by atoms with E-state index in [1.165, 1.54) is 24.0 Å². The minimum atomic E-state index is -1.56. The predicted octanol–water partition coefficient (Wildman–Crippen LogP) is 0.974. The zero-order valence-electron chi connectivity index (χ0n) is 13.5. The van der Waals surface area contributed by atoms with Crippen molar-refractivity contribution >= 4 is 17.3 Å². The van der Waals surface area contributed by atoms with E-state index in [1.807, 2.05) is 0 Å². The number of carboxylic acid groups (broad SMARTS) is 1. The minimum absolute atomic E-state index is 0.104. The summed E-state index contributed by atoms with van der Waals surface area (Å²) in [6.45, 7) is -0.104. The first-order valence-electron chi connectivity index (χ1n) is 7.71. The average Bonchev–Trinajstić information content (AvgIpc) is 3.25. The number of carbonyl (C=O) groups is 1. The summed E-state index contributed by atoms with van der Waals surface area (Å²) < 4.78 is 11.4. The fourth-order valence-corrected chi connectivity index (χ4v) is 4.00. The third-order valence-corrected chi connectivity index (χ3v) is 5.16. The van der Waals surface area contributed by atoms with Gasteiger partial charge in [-0.3, -0.25) is 4.79 Å². The van der Waals surface area contributed by atoms with Gasteiger partial charge in [0.1, 0.15) is 29.8 Å². The van der Waals surface area contributed by atoms with E-state index in [1.54, 1.807) is 35.7 Å². The summed E-state index contributed by atoms with van der Waals surface area (Å²) in [5, 5.41) is 32.0. The Hall–Kier alpha value is -1.84. The quantitative estimate of drug-likeness (QED) is 0.700. The number of thiazole rings is 1. The van der Waals surface area contributed by atoms with Crippen LogP contribution in [-0.2, 0) is 19.9 Å². The fourth-order valence-electron chi connectivity index (χ4n) is 3.42. The minimum Gasteiger partial charge on any atom is -0.481 e. The molecule has 3 rings (SSSR count). The number of carboxylic acids is 1. The molecule has 3 N–H and O–H groups in total. The van der Waals surface area contributed by atoms with Crippen LogP contribution in [0.3, 0.4) is 0 Å². The molecule has 25 heavy (non-hydrogen) atoms. The van der Waals surface area contributed by atoms with Crippen molar-refractivity contribution in [2.45, 2.75) is 29.8 Å². The highest BCUT2D eigenvalue weighted by atomic mass is 32.1. The molecule has 0 saturated carbocycles. The Kier molecular flexibility index (Phi) is 5.16. The monoisotopic (exact) mass is 365 g/mol. The van der Waals surface area contributed by atoms with E-state index < -0.39 is 35.8 Å². The first-order chi connectivity index (χ1) is 12.0. The van der Waals surface area contributed by atoms with Gasteiger partial charge in [-0.15, -0.1) is 11.3 Å². The van der Waals surface area contributed by atoms with Crippen LogP contribution < -0.4 is 0 Å².